The first-order valence-electron chi connectivity index (χ1n) is 5.64. The third kappa shape index (κ3) is 2.93. The zero-order valence-electron chi connectivity index (χ0n) is 10.1. The van der Waals surface area contributed by atoms with Gasteiger partial charge in [-0.2, -0.15) is 0 Å². The number of rotatable bonds is 4. The minimum atomic E-state index is -0.468. The summed E-state index contributed by atoms with van der Waals surface area (Å²) < 4.78 is 6.38. The van der Waals surface area contributed by atoms with Crippen LogP contribution in [0.2, 0.25) is 0 Å². The molecule has 0 aliphatic rings. The molecule has 0 bridgehead atoms. The average molecular weight is 256 g/mol. The Morgan fingerprint density at radius 2 is 2.32 bits per heavy atom. The molecular formula is C14H12N2O3. The van der Waals surface area contributed by atoms with Crippen molar-refractivity contribution >= 4 is 5.91 Å². The molecule has 96 valence electrons. The maximum Gasteiger partial charge on any atom is 0.263 e. The van der Waals surface area contributed by atoms with E-state index in [1.807, 2.05) is 0 Å². The lowest BCUT2D eigenvalue weighted by atomic mass is 10.2. The van der Waals surface area contributed by atoms with Crippen LogP contribution in [0.25, 0.3) is 0 Å². The molecule has 0 saturated heterocycles. The highest BCUT2D eigenvalue weighted by Crippen LogP contribution is 2.02. The highest BCUT2D eigenvalue weighted by Gasteiger charge is 2.11. The fourth-order valence-electron chi connectivity index (χ4n) is 1.64. The SMILES string of the molecule is C#CCNC(=O)c1cccn(Cc2ccoc2)c1=O. The second-order valence-corrected chi connectivity index (χ2v) is 3.87. The molecule has 5 nitrogen and oxygen atoms in total. The van der Waals surface area contributed by atoms with Crippen LogP contribution in [-0.4, -0.2) is 17.0 Å². The van der Waals surface area contributed by atoms with Gasteiger partial charge < -0.3 is 14.3 Å². The molecule has 5 heteroatoms. The standard InChI is InChI=1S/C14H12N2O3/c1-2-6-15-13(17)12-4-3-7-16(14(12)18)9-11-5-8-19-10-11/h1,3-5,7-8,10H,6,9H2,(H,15,17). The minimum absolute atomic E-state index is 0.0706. The van der Waals surface area contributed by atoms with Crippen LogP contribution in [0.15, 0.2) is 46.1 Å². The quantitative estimate of drug-likeness (QED) is 0.825. The first kappa shape index (κ1) is 12.7. The van der Waals surface area contributed by atoms with Crippen molar-refractivity contribution in [2.75, 3.05) is 6.54 Å². The van der Waals surface area contributed by atoms with Gasteiger partial charge in [-0.1, -0.05) is 5.92 Å². The van der Waals surface area contributed by atoms with E-state index in [2.05, 4.69) is 11.2 Å². The molecule has 0 fully saturated rings. The van der Waals surface area contributed by atoms with E-state index in [4.69, 9.17) is 10.8 Å². The number of furan rings is 1. The first-order chi connectivity index (χ1) is 9.22. The fourth-order valence-corrected chi connectivity index (χ4v) is 1.64. The van der Waals surface area contributed by atoms with Gasteiger partial charge in [0.25, 0.3) is 11.5 Å². The van der Waals surface area contributed by atoms with Gasteiger partial charge in [0, 0.05) is 11.8 Å². The summed E-state index contributed by atoms with van der Waals surface area (Å²) in [5.41, 5.74) is 0.558. The Balaban J connectivity index is 2.26. The normalized spacial score (nSPS) is 9.84. The summed E-state index contributed by atoms with van der Waals surface area (Å²) in [7, 11) is 0. The highest BCUT2D eigenvalue weighted by atomic mass is 16.3. The number of terminal acetylenes is 1. The summed E-state index contributed by atoms with van der Waals surface area (Å²) in [4.78, 5) is 23.9. The molecule has 2 aromatic rings. The molecule has 1 amide bonds. The van der Waals surface area contributed by atoms with Crippen LogP contribution in [0.1, 0.15) is 15.9 Å². The number of pyridine rings is 1. The molecule has 19 heavy (non-hydrogen) atoms. The molecular weight excluding hydrogens is 244 g/mol. The third-order valence-electron chi connectivity index (χ3n) is 2.55. The third-order valence-corrected chi connectivity index (χ3v) is 2.55. The van der Waals surface area contributed by atoms with E-state index in [1.165, 1.54) is 16.9 Å². The zero-order valence-corrected chi connectivity index (χ0v) is 10.1. The van der Waals surface area contributed by atoms with Crippen LogP contribution < -0.4 is 10.9 Å². The lowest BCUT2D eigenvalue weighted by molar-refractivity contribution is 0.0956. The molecule has 0 saturated carbocycles. The monoisotopic (exact) mass is 256 g/mol. The molecule has 0 unspecified atom stereocenters. The zero-order chi connectivity index (χ0) is 13.7. The Kier molecular flexibility index (Phi) is 3.84. The first-order valence-corrected chi connectivity index (χ1v) is 5.64. The van der Waals surface area contributed by atoms with Gasteiger partial charge >= 0.3 is 0 Å². The molecule has 0 atom stereocenters. The second-order valence-electron chi connectivity index (χ2n) is 3.87. The van der Waals surface area contributed by atoms with Crippen LogP contribution in [0, 0.1) is 12.3 Å². The summed E-state index contributed by atoms with van der Waals surface area (Å²) in [6, 6.07) is 4.88. The number of amides is 1. The van der Waals surface area contributed by atoms with Crippen LogP contribution in [-0.2, 0) is 6.54 Å². The summed E-state index contributed by atoms with van der Waals surface area (Å²) in [6.45, 7) is 0.445. The lowest BCUT2D eigenvalue weighted by Crippen LogP contribution is -2.33. The Bertz CT molecular complexity index is 663. The number of aromatic nitrogens is 1. The predicted octanol–water partition coefficient (Wildman–Crippen LogP) is 0.853. The van der Waals surface area contributed by atoms with Gasteiger partial charge in [0.05, 0.1) is 25.6 Å². The molecule has 0 radical (unpaired) electrons. The molecule has 1 N–H and O–H groups in total. The van der Waals surface area contributed by atoms with E-state index in [1.54, 1.807) is 24.6 Å². The van der Waals surface area contributed by atoms with Crippen molar-refractivity contribution in [3.8, 4) is 12.3 Å². The van der Waals surface area contributed by atoms with Gasteiger partial charge in [-0.25, -0.2) is 0 Å². The number of hydrogen-bond acceptors (Lipinski definition) is 3. The lowest BCUT2D eigenvalue weighted by Gasteiger charge is -2.06. The van der Waals surface area contributed by atoms with E-state index < -0.39 is 5.91 Å². The number of carbonyl (C=O) groups is 1. The van der Waals surface area contributed by atoms with E-state index >= 15 is 0 Å². The summed E-state index contributed by atoms with van der Waals surface area (Å²) in [5.74, 6) is 1.82. The van der Waals surface area contributed by atoms with Crippen molar-refractivity contribution in [2.24, 2.45) is 0 Å². The predicted molar refractivity (Wildman–Crippen MR) is 69.7 cm³/mol. The summed E-state index contributed by atoms with van der Waals surface area (Å²) >= 11 is 0. The smallest absolute Gasteiger partial charge is 0.263 e. The molecule has 2 aromatic heterocycles. The Morgan fingerprint density at radius 1 is 1.47 bits per heavy atom. The van der Waals surface area contributed by atoms with Crippen molar-refractivity contribution in [3.63, 3.8) is 0 Å². The molecule has 0 aliphatic carbocycles. The van der Waals surface area contributed by atoms with Gasteiger partial charge in [0.15, 0.2) is 0 Å². The van der Waals surface area contributed by atoms with Gasteiger partial charge in [-0.05, 0) is 18.2 Å². The average Bonchev–Trinajstić information content (AvgIpc) is 2.91. The van der Waals surface area contributed by atoms with E-state index in [0.717, 1.165) is 5.56 Å². The van der Waals surface area contributed by atoms with Gasteiger partial charge in [0.2, 0.25) is 0 Å². The van der Waals surface area contributed by atoms with Crippen molar-refractivity contribution in [1.29, 1.82) is 0 Å². The molecule has 0 aromatic carbocycles. The summed E-state index contributed by atoms with van der Waals surface area (Å²) in [5, 5.41) is 2.47. The van der Waals surface area contributed by atoms with Gasteiger partial charge in [-0.3, -0.25) is 9.59 Å². The maximum absolute atomic E-state index is 12.1. The number of hydrogen-bond donors (Lipinski definition) is 1. The topological polar surface area (TPSA) is 64.2 Å². The van der Waals surface area contributed by atoms with Crippen LogP contribution in [0.4, 0.5) is 0 Å². The van der Waals surface area contributed by atoms with Crippen molar-refractivity contribution in [2.45, 2.75) is 6.54 Å². The fraction of sp³-hybridized carbons (Fsp3) is 0.143. The maximum atomic E-state index is 12.1. The number of nitrogens with zero attached hydrogens (tertiary/aromatic N) is 1. The van der Waals surface area contributed by atoms with Crippen molar-refractivity contribution in [3.05, 3.63) is 58.4 Å². The second kappa shape index (κ2) is 5.74. The van der Waals surface area contributed by atoms with Crippen LogP contribution in [0.5, 0.6) is 0 Å². The molecule has 0 aliphatic heterocycles. The van der Waals surface area contributed by atoms with Crippen molar-refractivity contribution in [1.82, 2.24) is 9.88 Å². The molecule has 2 heterocycles. The Hall–Kier alpha value is -2.74. The van der Waals surface area contributed by atoms with E-state index in [-0.39, 0.29) is 17.7 Å². The number of nitrogens with one attached hydrogen (secondary N) is 1. The van der Waals surface area contributed by atoms with E-state index in [0.29, 0.717) is 6.54 Å². The van der Waals surface area contributed by atoms with Crippen molar-refractivity contribution < 1.29 is 9.21 Å². The number of carbonyl (C=O) groups excluding carboxylic acids is 1. The van der Waals surface area contributed by atoms with Crippen LogP contribution in [0.3, 0.4) is 0 Å². The molecule has 0 spiro atoms. The largest absolute Gasteiger partial charge is 0.472 e. The van der Waals surface area contributed by atoms with Gasteiger partial charge in [-0.15, -0.1) is 6.42 Å². The van der Waals surface area contributed by atoms with E-state index in [9.17, 15) is 9.59 Å². The van der Waals surface area contributed by atoms with Crippen LogP contribution >= 0.6 is 0 Å². The summed E-state index contributed by atoms with van der Waals surface area (Å²) in [6.07, 6.45) is 9.76. The molecule has 2 rings (SSSR count). The Labute approximate surface area is 109 Å². The Morgan fingerprint density at radius 3 is 3.00 bits per heavy atom. The highest BCUT2D eigenvalue weighted by molar-refractivity contribution is 5.93. The minimum Gasteiger partial charge on any atom is -0.472 e. The van der Waals surface area contributed by atoms with Gasteiger partial charge in [0.1, 0.15) is 5.56 Å².